The van der Waals surface area contributed by atoms with Crippen LogP contribution in [0.25, 0.3) is 0 Å². The maximum atomic E-state index is 14.6. The summed E-state index contributed by atoms with van der Waals surface area (Å²) in [4.78, 5) is 104. The van der Waals surface area contributed by atoms with Crippen molar-refractivity contribution in [3.63, 3.8) is 0 Å². The molecule has 2 aliphatic heterocycles. The number of nitrogens with one attached hydrogen (secondary N) is 3. The van der Waals surface area contributed by atoms with Crippen molar-refractivity contribution in [3.8, 4) is 0 Å². The third-order valence-corrected chi connectivity index (χ3v) is 13.3. The molecule has 0 bridgehead atoms. The van der Waals surface area contributed by atoms with Crippen molar-refractivity contribution in [2.45, 2.75) is 127 Å². The van der Waals surface area contributed by atoms with Crippen molar-refractivity contribution in [2.75, 3.05) is 61.7 Å². The molecular weight excluding hydrogens is 898 g/mol. The molecule has 4 rings (SSSR count). The first-order chi connectivity index (χ1) is 30.6. The Morgan fingerprint density at radius 2 is 1.60 bits per heavy atom. The second-order valence-corrected chi connectivity index (χ2v) is 18.6. The number of likely N-dealkylation sites (N-methyl/N-ethyl adjacent to an activating group) is 3. The van der Waals surface area contributed by atoms with Gasteiger partial charge in [-0.25, -0.2) is 0 Å². The van der Waals surface area contributed by atoms with Crippen molar-refractivity contribution in [1.82, 2.24) is 35.6 Å². The third kappa shape index (κ3) is 13.0. The Morgan fingerprint density at radius 1 is 0.923 bits per heavy atom. The number of carbonyl (C=O) groups excluding carboxylic acids is 7. The van der Waals surface area contributed by atoms with E-state index in [1.807, 2.05) is 13.8 Å². The first-order valence-electron chi connectivity index (χ1n) is 22.1. The van der Waals surface area contributed by atoms with Gasteiger partial charge in [-0.05, 0) is 87.5 Å². The predicted molar refractivity (Wildman–Crippen MR) is 235 cm³/mol. The van der Waals surface area contributed by atoms with Gasteiger partial charge in [0.1, 0.15) is 41.7 Å². The second kappa shape index (κ2) is 23.5. The quantitative estimate of drug-likeness (QED) is 0.250. The largest absolute Gasteiger partial charge is 0.403 e. The van der Waals surface area contributed by atoms with Crippen LogP contribution in [0.4, 0.5) is 13.2 Å². The lowest BCUT2D eigenvalue weighted by Gasteiger charge is -2.44. The van der Waals surface area contributed by atoms with E-state index in [1.165, 1.54) is 38.1 Å². The van der Waals surface area contributed by atoms with E-state index in [2.05, 4.69) is 16.0 Å². The first kappa shape index (κ1) is 53.4. The van der Waals surface area contributed by atoms with E-state index in [9.17, 15) is 46.7 Å². The van der Waals surface area contributed by atoms with Gasteiger partial charge in [-0.3, -0.25) is 33.6 Å². The van der Waals surface area contributed by atoms with Crippen LogP contribution >= 0.6 is 23.2 Å². The predicted octanol–water partition coefficient (Wildman–Crippen LogP) is 3.74. The van der Waals surface area contributed by atoms with Crippen molar-refractivity contribution >= 4 is 64.6 Å². The maximum absolute atomic E-state index is 14.6. The van der Waals surface area contributed by atoms with E-state index in [0.29, 0.717) is 23.4 Å². The zero-order valence-corrected chi connectivity index (χ0v) is 39.7. The van der Waals surface area contributed by atoms with Crippen LogP contribution in [0.3, 0.4) is 0 Å². The van der Waals surface area contributed by atoms with Crippen LogP contribution in [-0.4, -0.2) is 165 Å². The number of nitrogens with zero attached hydrogens (tertiary/aromatic N) is 4. The number of hydrogen-bond donors (Lipinski definition) is 3. The molecule has 1 saturated carbocycles. The molecule has 364 valence electrons. The van der Waals surface area contributed by atoms with Gasteiger partial charge in [-0.15, -0.1) is 0 Å². The molecule has 3 N–H and O–H groups in total. The highest BCUT2D eigenvalue weighted by Crippen LogP contribution is 2.54. The molecule has 2 heterocycles. The smallest absolute Gasteiger partial charge is 0.385 e. The van der Waals surface area contributed by atoms with Gasteiger partial charge < -0.3 is 45.0 Å². The van der Waals surface area contributed by atoms with Crippen LogP contribution in [0.1, 0.15) is 83.6 Å². The van der Waals surface area contributed by atoms with Crippen LogP contribution in [0.2, 0.25) is 10.0 Å². The summed E-state index contributed by atoms with van der Waals surface area (Å²) in [7, 11) is 7.09. The number of carbonyl (C=O) groups is 7. The molecule has 0 radical (unpaired) electrons. The van der Waals surface area contributed by atoms with Gasteiger partial charge in [0, 0.05) is 71.5 Å². The second-order valence-electron chi connectivity index (χ2n) is 17.8. The Kier molecular flexibility index (Phi) is 19.3. The lowest BCUT2D eigenvalue weighted by molar-refractivity contribution is -0.248. The minimum absolute atomic E-state index is 0.0250. The Hall–Kier alpha value is -4.20. The van der Waals surface area contributed by atoms with E-state index in [1.54, 1.807) is 25.2 Å². The Labute approximate surface area is 388 Å². The first-order valence-corrected chi connectivity index (χ1v) is 22.8. The molecule has 3 aliphatic rings. The molecule has 1 aromatic carbocycles. The Bertz CT molecular complexity index is 1890. The van der Waals surface area contributed by atoms with Crippen LogP contribution < -0.4 is 16.0 Å². The topological polar surface area (TPSA) is 187 Å². The molecule has 0 spiro atoms. The number of likely N-dealkylation sites (tertiary alicyclic amines) is 1. The summed E-state index contributed by atoms with van der Waals surface area (Å²) in [5.74, 6) is -5.34. The molecule has 16 nitrogen and oxygen atoms in total. The van der Waals surface area contributed by atoms with Gasteiger partial charge in [0.25, 0.3) is 0 Å². The Morgan fingerprint density at radius 3 is 2.20 bits per heavy atom. The van der Waals surface area contributed by atoms with Gasteiger partial charge in [0.2, 0.25) is 41.4 Å². The van der Waals surface area contributed by atoms with Crippen molar-refractivity contribution < 1.29 is 56.2 Å². The molecule has 65 heavy (non-hydrogen) atoms. The van der Waals surface area contributed by atoms with Crippen LogP contribution in [0.5, 0.6) is 0 Å². The van der Waals surface area contributed by atoms with Crippen LogP contribution in [0, 0.1) is 11.3 Å². The SMILES string of the molecule is COCC[C@H](NC(=O)[C@@H]1CCCN1C(=O)C1(C(F)(F)F)CCC1)C(=O)N(C)[C@H]1CCCCN(C)C(=O)[C@@H](COC)NC(=O)[C@H](Cc2cc(Cl)ccc2Cl)N(C)C(=O)[C@H](CC(C)C)NC1=O. The lowest BCUT2D eigenvalue weighted by atomic mass is 9.67. The normalized spacial score (nSPS) is 24.3. The monoisotopic (exact) mass is 961 g/mol. The van der Waals surface area contributed by atoms with Gasteiger partial charge in [-0.1, -0.05) is 43.5 Å². The number of benzene rings is 1. The van der Waals surface area contributed by atoms with Gasteiger partial charge in [-0.2, -0.15) is 13.2 Å². The van der Waals surface area contributed by atoms with Gasteiger partial charge in [0.15, 0.2) is 0 Å². The van der Waals surface area contributed by atoms with Crippen molar-refractivity contribution in [1.29, 1.82) is 0 Å². The third-order valence-electron chi connectivity index (χ3n) is 12.7. The molecular formula is C44H64Cl2F3N7O9. The lowest BCUT2D eigenvalue weighted by Crippen LogP contribution is -2.61. The minimum Gasteiger partial charge on any atom is -0.385 e. The highest BCUT2D eigenvalue weighted by molar-refractivity contribution is 6.33. The molecule has 7 amide bonds. The highest BCUT2D eigenvalue weighted by atomic mass is 35.5. The fraction of sp³-hybridized carbons (Fsp3) is 0.705. The Balaban J connectivity index is 1.67. The molecule has 6 atom stereocenters. The number of amides is 7. The zero-order valence-electron chi connectivity index (χ0n) is 38.2. The molecule has 1 aliphatic carbocycles. The number of rotatable bonds is 14. The van der Waals surface area contributed by atoms with Crippen molar-refractivity contribution in [3.05, 3.63) is 33.8 Å². The highest BCUT2D eigenvalue weighted by Gasteiger charge is 2.65. The van der Waals surface area contributed by atoms with E-state index >= 15 is 0 Å². The number of alkyl halides is 3. The van der Waals surface area contributed by atoms with Gasteiger partial charge >= 0.3 is 6.18 Å². The van der Waals surface area contributed by atoms with Crippen molar-refractivity contribution in [2.24, 2.45) is 11.3 Å². The molecule has 1 aromatic rings. The zero-order chi connectivity index (χ0) is 48.4. The maximum Gasteiger partial charge on any atom is 0.403 e. The number of methoxy groups -OCH3 is 2. The number of hydrogen-bond acceptors (Lipinski definition) is 9. The summed E-state index contributed by atoms with van der Waals surface area (Å²) < 4.78 is 53.1. The molecule has 2 saturated heterocycles. The summed E-state index contributed by atoms with van der Waals surface area (Å²) >= 11 is 12.8. The fourth-order valence-corrected chi connectivity index (χ4v) is 9.10. The van der Waals surface area contributed by atoms with E-state index in [-0.39, 0.29) is 95.0 Å². The molecule has 3 fully saturated rings. The van der Waals surface area contributed by atoms with Crippen LogP contribution in [0.15, 0.2) is 18.2 Å². The summed E-state index contributed by atoms with van der Waals surface area (Å²) in [6.07, 6.45) is -4.28. The van der Waals surface area contributed by atoms with E-state index < -0.39 is 89.2 Å². The van der Waals surface area contributed by atoms with E-state index in [0.717, 1.165) is 9.80 Å². The molecule has 0 aromatic heterocycles. The fourth-order valence-electron chi connectivity index (χ4n) is 8.71. The van der Waals surface area contributed by atoms with Gasteiger partial charge in [0.05, 0.1) is 6.61 Å². The summed E-state index contributed by atoms with van der Waals surface area (Å²) in [5.41, 5.74) is -2.11. The molecule has 21 heteroatoms. The summed E-state index contributed by atoms with van der Waals surface area (Å²) in [6.45, 7) is 3.62. The average molecular weight is 963 g/mol. The number of halogens is 5. The average Bonchev–Trinajstić information content (AvgIpc) is 3.72. The minimum atomic E-state index is -4.79. The summed E-state index contributed by atoms with van der Waals surface area (Å²) in [6, 6.07) is -2.71. The standard InChI is InChI=1S/C44H64Cl2F3N7O9/c1-26(2)22-31-41(62)55(5)35(24-27-23-28(45)14-15-29(27)46)38(59)52-32(25-65-7)39(60)53(3)19-9-8-12-33(36(57)51-31)54(4)40(61)30(16-21-64-6)50-37(58)34-13-10-20-56(34)42(63)43(17-11-18-43)44(47,48)49/h14-15,23,26,30-35H,8-13,16-22,24-25H2,1-7H3,(H,50,58)(H,51,57)(H,52,59)/t30-,31-,32+,33-,34-,35-/m0/s1. The van der Waals surface area contributed by atoms with Crippen LogP contribution in [-0.2, 0) is 49.5 Å². The molecule has 0 unspecified atom stereocenters. The number of ether oxygens (including phenoxy) is 2. The summed E-state index contributed by atoms with van der Waals surface area (Å²) in [5, 5.41) is 8.87. The van der Waals surface area contributed by atoms with E-state index in [4.69, 9.17) is 32.7 Å².